The molecule has 0 aliphatic carbocycles. The van der Waals surface area contributed by atoms with Crippen LogP contribution < -0.4 is 11.5 Å². The van der Waals surface area contributed by atoms with E-state index in [1.54, 1.807) is 0 Å². The fourth-order valence-electron chi connectivity index (χ4n) is 1.92. The van der Waals surface area contributed by atoms with Crippen LogP contribution in [0.2, 0.25) is 0 Å². The smallest absolute Gasteiger partial charge is 0.0955 e. The van der Waals surface area contributed by atoms with Gasteiger partial charge in [0.15, 0.2) is 0 Å². The lowest BCUT2D eigenvalue weighted by Crippen LogP contribution is -2.23. The molecule has 0 radical (unpaired) electrons. The first-order chi connectivity index (χ1) is 7.58. The van der Waals surface area contributed by atoms with Crippen molar-refractivity contribution in [3.63, 3.8) is 0 Å². The van der Waals surface area contributed by atoms with E-state index in [1.165, 1.54) is 0 Å². The standard InChI is InChI=1S/C12H18N4/c1-8(13)5-10(14)9-3-4-12-11(6-9)15-7-16(12)2/h3-4,6-8,10H,5,13-14H2,1-2H3. The van der Waals surface area contributed by atoms with Gasteiger partial charge in [-0.05, 0) is 31.0 Å². The summed E-state index contributed by atoms with van der Waals surface area (Å²) in [5.74, 6) is 0. The number of aromatic nitrogens is 2. The Balaban J connectivity index is 2.32. The zero-order valence-electron chi connectivity index (χ0n) is 9.72. The average Bonchev–Trinajstić information content (AvgIpc) is 2.59. The summed E-state index contributed by atoms with van der Waals surface area (Å²) in [6, 6.07) is 6.26. The highest BCUT2D eigenvalue weighted by atomic mass is 15.0. The molecular formula is C12H18N4. The molecule has 2 rings (SSSR count). The number of hydrogen-bond acceptors (Lipinski definition) is 3. The lowest BCUT2D eigenvalue weighted by molar-refractivity contribution is 0.569. The van der Waals surface area contributed by atoms with Gasteiger partial charge >= 0.3 is 0 Å². The first-order valence-corrected chi connectivity index (χ1v) is 5.50. The molecule has 1 aromatic carbocycles. The molecule has 2 unspecified atom stereocenters. The minimum atomic E-state index is -0.00796. The lowest BCUT2D eigenvalue weighted by Gasteiger charge is -2.14. The maximum absolute atomic E-state index is 6.08. The van der Waals surface area contributed by atoms with Crippen molar-refractivity contribution in [1.82, 2.24) is 9.55 Å². The van der Waals surface area contributed by atoms with Gasteiger partial charge in [0.2, 0.25) is 0 Å². The summed E-state index contributed by atoms with van der Waals surface area (Å²) in [4.78, 5) is 4.32. The highest BCUT2D eigenvalue weighted by Gasteiger charge is 2.10. The van der Waals surface area contributed by atoms with Crippen LogP contribution in [0.25, 0.3) is 11.0 Å². The van der Waals surface area contributed by atoms with Gasteiger partial charge < -0.3 is 16.0 Å². The van der Waals surface area contributed by atoms with E-state index in [1.807, 2.05) is 30.9 Å². The second-order valence-electron chi connectivity index (χ2n) is 4.42. The van der Waals surface area contributed by atoms with Gasteiger partial charge in [-0.15, -0.1) is 0 Å². The zero-order valence-corrected chi connectivity index (χ0v) is 9.72. The summed E-state index contributed by atoms with van der Waals surface area (Å²) in [7, 11) is 1.98. The molecule has 0 saturated carbocycles. The van der Waals surface area contributed by atoms with Crippen molar-refractivity contribution in [2.24, 2.45) is 18.5 Å². The van der Waals surface area contributed by atoms with Crippen LogP contribution in [0.3, 0.4) is 0 Å². The summed E-state index contributed by atoms with van der Waals surface area (Å²) in [6.45, 7) is 1.97. The molecule has 86 valence electrons. The topological polar surface area (TPSA) is 69.9 Å². The number of fused-ring (bicyclic) bond motifs is 1. The van der Waals surface area contributed by atoms with Crippen molar-refractivity contribution in [3.8, 4) is 0 Å². The first kappa shape index (κ1) is 11.1. The van der Waals surface area contributed by atoms with Crippen LogP contribution in [-0.4, -0.2) is 15.6 Å². The third kappa shape index (κ3) is 2.08. The van der Waals surface area contributed by atoms with E-state index in [2.05, 4.69) is 17.1 Å². The molecule has 4 nitrogen and oxygen atoms in total. The maximum atomic E-state index is 6.08. The largest absolute Gasteiger partial charge is 0.334 e. The SMILES string of the molecule is CC(N)CC(N)c1ccc2c(c1)ncn2C. The molecule has 0 aliphatic rings. The number of imidazole rings is 1. The van der Waals surface area contributed by atoms with Gasteiger partial charge in [0.05, 0.1) is 17.4 Å². The molecule has 0 saturated heterocycles. The molecule has 4 N–H and O–H groups in total. The summed E-state index contributed by atoms with van der Waals surface area (Å²) < 4.78 is 2.00. The molecule has 2 aromatic rings. The second kappa shape index (κ2) is 4.23. The van der Waals surface area contributed by atoms with Gasteiger partial charge in [0.25, 0.3) is 0 Å². The van der Waals surface area contributed by atoms with E-state index in [0.29, 0.717) is 0 Å². The quantitative estimate of drug-likeness (QED) is 0.816. The Morgan fingerprint density at radius 2 is 2.12 bits per heavy atom. The molecular weight excluding hydrogens is 200 g/mol. The number of hydrogen-bond donors (Lipinski definition) is 2. The predicted molar refractivity (Wildman–Crippen MR) is 65.9 cm³/mol. The van der Waals surface area contributed by atoms with Gasteiger partial charge in [-0.2, -0.15) is 0 Å². The van der Waals surface area contributed by atoms with E-state index >= 15 is 0 Å². The highest BCUT2D eigenvalue weighted by molar-refractivity contribution is 5.76. The van der Waals surface area contributed by atoms with E-state index in [4.69, 9.17) is 11.5 Å². The van der Waals surface area contributed by atoms with Crippen LogP contribution in [0.15, 0.2) is 24.5 Å². The molecule has 1 heterocycles. The number of nitrogens with zero attached hydrogens (tertiary/aromatic N) is 2. The Morgan fingerprint density at radius 1 is 1.38 bits per heavy atom. The minimum absolute atomic E-state index is 0.00796. The van der Waals surface area contributed by atoms with Crippen LogP contribution in [0.5, 0.6) is 0 Å². The van der Waals surface area contributed by atoms with Crippen LogP contribution >= 0.6 is 0 Å². The Labute approximate surface area is 95.3 Å². The van der Waals surface area contributed by atoms with E-state index in [9.17, 15) is 0 Å². The molecule has 0 spiro atoms. The molecule has 16 heavy (non-hydrogen) atoms. The Hall–Kier alpha value is -1.39. The van der Waals surface area contributed by atoms with Gasteiger partial charge in [-0.25, -0.2) is 4.98 Å². The average molecular weight is 218 g/mol. The summed E-state index contributed by atoms with van der Waals surface area (Å²) in [5, 5.41) is 0. The van der Waals surface area contributed by atoms with Crippen molar-refractivity contribution in [2.75, 3.05) is 0 Å². The Kier molecular flexibility index (Phi) is 2.94. The van der Waals surface area contributed by atoms with Crippen LogP contribution in [0.1, 0.15) is 24.9 Å². The molecule has 2 atom stereocenters. The predicted octanol–water partition coefficient (Wildman–Crippen LogP) is 1.31. The third-order valence-electron chi connectivity index (χ3n) is 2.80. The summed E-state index contributed by atoms with van der Waals surface area (Å²) >= 11 is 0. The van der Waals surface area contributed by atoms with Gasteiger partial charge in [-0.3, -0.25) is 0 Å². The third-order valence-corrected chi connectivity index (χ3v) is 2.80. The van der Waals surface area contributed by atoms with Crippen LogP contribution in [-0.2, 0) is 7.05 Å². The zero-order chi connectivity index (χ0) is 11.7. The second-order valence-corrected chi connectivity index (χ2v) is 4.42. The van der Waals surface area contributed by atoms with Gasteiger partial charge in [-0.1, -0.05) is 6.07 Å². The van der Waals surface area contributed by atoms with E-state index in [0.717, 1.165) is 23.0 Å². The molecule has 4 heteroatoms. The van der Waals surface area contributed by atoms with E-state index < -0.39 is 0 Å². The molecule has 0 fully saturated rings. The fraction of sp³-hybridized carbons (Fsp3) is 0.417. The van der Waals surface area contributed by atoms with E-state index in [-0.39, 0.29) is 12.1 Å². The first-order valence-electron chi connectivity index (χ1n) is 5.50. The maximum Gasteiger partial charge on any atom is 0.0955 e. The lowest BCUT2D eigenvalue weighted by atomic mass is 10.0. The van der Waals surface area contributed by atoms with Crippen molar-refractivity contribution in [3.05, 3.63) is 30.1 Å². The normalized spacial score (nSPS) is 15.2. The van der Waals surface area contributed by atoms with Crippen LogP contribution in [0.4, 0.5) is 0 Å². The number of nitrogens with two attached hydrogens (primary N) is 2. The summed E-state index contributed by atoms with van der Waals surface area (Å²) in [6.07, 6.45) is 2.60. The number of aryl methyl sites for hydroxylation is 1. The van der Waals surface area contributed by atoms with Gasteiger partial charge in [0, 0.05) is 19.1 Å². The van der Waals surface area contributed by atoms with Crippen LogP contribution in [0, 0.1) is 0 Å². The Morgan fingerprint density at radius 3 is 2.81 bits per heavy atom. The van der Waals surface area contributed by atoms with Gasteiger partial charge in [0.1, 0.15) is 0 Å². The van der Waals surface area contributed by atoms with Crippen molar-refractivity contribution in [2.45, 2.75) is 25.4 Å². The number of rotatable bonds is 3. The van der Waals surface area contributed by atoms with Crippen molar-refractivity contribution < 1.29 is 0 Å². The fourth-order valence-corrected chi connectivity index (χ4v) is 1.92. The van der Waals surface area contributed by atoms with Crippen molar-refractivity contribution in [1.29, 1.82) is 0 Å². The monoisotopic (exact) mass is 218 g/mol. The molecule has 1 aromatic heterocycles. The summed E-state index contributed by atoms with van der Waals surface area (Å²) in [5.41, 5.74) is 15.0. The minimum Gasteiger partial charge on any atom is -0.334 e. The Bertz CT molecular complexity index is 487. The molecule has 0 bridgehead atoms. The molecule has 0 amide bonds. The highest BCUT2D eigenvalue weighted by Crippen LogP contribution is 2.20. The van der Waals surface area contributed by atoms with Crippen molar-refractivity contribution >= 4 is 11.0 Å². The number of benzene rings is 1. The molecule has 0 aliphatic heterocycles.